The number of likely N-dealkylation sites (N-methyl/N-ethyl adjacent to an activating group) is 1. The molecule has 1 heterocycles. The molecule has 4 nitrogen and oxygen atoms in total. The Morgan fingerprint density at radius 3 is 2.63 bits per heavy atom. The molecule has 1 saturated heterocycles. The third-order valence-electron chi connectivity index (χ3n) is 8.72. The number of nitrogens with zero attached hydrogens (tertiary/aromatic N) is 2. The minimum absolute atomic E-state index is 0.0505. The van der Waals surface area contributed by atoms with Crippen molar-refractivity contribution in [2.45, 2.75) is 56.5 Å². The second kappa shape index (κ2) is 10.3. The molecule has 35 heavy (non-hydrogen) atoms. The molecule has 3 atom stereocenters. The van der Waals surface area contributed by atoms with Gasteiger partial charge in [-0.05, 0) is 87.2 Å². The van der Waals surface area contributed by atoms with E-state index in [9.17, 15) is 5.11 Å². The quantitative estimate of drug-likeness (QED) is 0.636. The second-order valence-corrected chi connectivity index (χ2v) is 11.0. The Morgan fingerprint density at radius 1 is 1.06 bits per heavy atom. The van der Waals surface area contributed by atoms with Crippen LogP contribution in [0, 0.1) is 17.8 Å². The van der Waals surface area contributed by atoms with Crippen LogP contribution in [0.1, 0.15) is 49.3 Å². The molecular formula is C31H40N2O2. The average molecular weight is 473 g/mol. The van der Waals surface area contributed by atoms with Crippen molar-refractivity contribution in [3.05, 3.63) is 65.2 Å². The fourth-order valence-electron chi connectivity index (χ4n) is 6.75. The van der Waals surface area contributed by atoms with Gasteiger partial charge in [0, 0.05) is 38.1 Å². The number of aliphatic hydroxyl groups is 1. The van der Waals surface area contributed by atoms with E-state index >= 15 is 0 Å². The topological polar surface area (TPSA) is 35.9 Å². The Morgan fingerprint density at radius 2 is 1.86 bits per heavy atom. The van der Waals surface area contributed by atoms with Gasteiger partial charge >= 0.3 is 0 Å². The Labute approximate surface area is 211 Å². The van der Waals surface area contributed by atoms with Crippen LogP contribution in [-0.4, -0.2) is 66.9 Å². The zero-order valence-corrected chi connectivity index (χ0v) is 21.4. The number of hydrogen-bond acceptors (Lipinski definition) is 4. The van der Waals surface area contributed by atoms with Gasteiger partial charge in [0.25, 0.3) is 0 Å². The Balaban J connectivity index is 1.35. The van der Waals surface area contributed by atoms with E-state index < -0.39 is 5.60 Å². The molecule has 1 aliphatic heterocycles. The molecule has 3 aliphatic rings. The van der Waals surface area contributed by atoms with E-state index in [1.807, 2.05) is 6.92 Å². The first-order valence-corrected chi connectivity index (χ1v) is 13.4. The minimum atomic E-state index is -0.844. The Kier molecular flexibility index (Phi) is 7.21. The lowest BCUT2D eigenvalue weighted by Gasteiger charge is -2.52. The van der Waals surface area contributed by atoms with Gasteiger partial charge in [-0.1, -0.05) is 42.3 Å². The number of benzene rings is 2. The summed E-state index contributed by atoms with van der Waals surface area (Å²) in [6, 6.07) is 17.7. The number of hydrogen-bond donors (Lipinski definition) is 1. The van der Waals surface area contributed by atoms with Crippen LogP contribution in [0.5, 0.6) is 5.75 Å². The van der Waals surface area contributed by atoms with Crippen LogP contribution in [-0.2, 0) is 18.3 Å². The summed E-state index contributed by atoms with van der Waals surface area (Å²) >= 11 is 0. The van der Waals surface area contributed by atoms with Gasteiger partial charge in [0.1, 0.15) is 18.0 Å². The molecule has 4 heteroatoms. The number of piperazine rings is 1. The average Bonchev–Trinajstić information content (AvgIpc) is 2.86. The normalized spacial score (nSPS) is 28.9. The summed E-state index contributed by atoms with van der Waals surface area (Å²) in [5.74, 6) is 7.55. The van der Waals surface area contributed by atoms with Gasteiger partial charge < -0.3 is 14.7 Å². The number of fused-ring (bicyclic) bond motifs is 3. The van der Waals surface area contributed by atoms with E-state index in [0.29, 0.717) is 5.92 Å². The third-order valence-corrected chi connectivity index (χ3v) is 8.72. The van der Waals surface area contributed by atoms with Gasteiger partial charge in [0.15, 0.2) is 0 Å². The zero-order chi connectivity index (χ0) is 24.3. The van der Waals surface area contributed by atoms with Crippen LogP contribution in [0.25, 0.3) is 0 Å². The zero-order valence-electron chi connectivity index (χ0n) is 21.4. The van der Waals surface area contributed by atoms with Crippen LogP contribution in [0.15, 0.2) is 48.5 Å². The van der Waals surface area contributed by atoms with Gasteiger partial charge in [-0.3, -0.25) is 4.90 Å². The van der Waals surface area contributed by atoms with Crippen molar-refractivity contribution in [3.8, 4) is 17.6 Å². The SMILES string of the molecule is CC#C[C@@]1(O)CC[C@@]2(Cc3ccccc3)c3ccc(OCCN4CCN(C)CC4)cc3CC[C@@H]2C1. The number of aryl methyl sites for hydroxylation is 1. The smallest absolute Gasteiger partial charge is 0.125 e. The molecule has 1 saturated carbocycles. The first-order valence-electron chi connectivity index (χ1n) is 13.4. The van der Waals surface area contributed by atoms with Crippen molar-refractivity contribution in [3.63, 3.8) is 0 Å². The van der Waals surface area contributed by atoms with E-state index in [1.165, 1.54) is 16.7 Å². The summed E-state index contributed by atoms with van der Waals surface area (Å²) in [6.45, 7) is 8.10. The van der Waals surface area contributed by atoms with Crippen LogP contribution in [0.4, 0.5) is 0 Å². The molecular weight excluding hydrogens is 432 g/mol. The fraction of sp³-hybridized carbons (Fsp3) is 0.548. The molecule has 0 spiro atoms. The summed E-state index contributed by atoms with van der Waals surface area (Å²) < 4.78 is 6.24. The first-order chi connectivity index (χ1) is 17.0. The van der Waals surface area contributed by atoms with Crippen molar-refractivity contribution in [1.29, 1.82) is 0 Å². The van der Waals surface area contributed by atoms with Crippen molar-refractivity contribution in [2.75, 3.05) is 46.4 Å². The lowest BCUT2D eigenvalue weighted by Crippen LogP contribution is -2.50. The maximum atomic E-state index is 11.2. The third kappa shape index (κ3) is 5.28. The summed E-state index contributed by atoms with van der Waals surface area (Å²) in [5.41, 5.74) is 3.49. The van der Waals surface area contributed by atoms with Crippen molar-refractivity contribution in [1.82, 2.24) is 9.80 Å². The van der Waals surface area contributed by atoms with Crippen LogP contribution in [0.3, 0.4) is 0 Å². The molecule has 2 fully saturated rings. The summed E-state index contributed by atoms with van der Waals surface area (Å²) in [5, 5.41) is 11.2. The highest BCUT2D eigenvalue weighted by Crippen LogP contribution is 2.54. The van der Waals surface area contributed by atoms with E-state index in [4.69, 9.17) is 4.74 Å². The van der Waals surface area contributed by atoms with E-state index in [2.05, 4.69) is 77.2 Å². The molecule has 0 radical (unpaired) electrons. The molecule has 0 unspecified atom stereocenters. The summed E-state index contributed by atoms with van der Waals surface area (Å²) in [4.78, 5) is 4.89. The number of ether oxygens (including phenoxy) is 1. The van der Waals surface area contributed by atoms with E-state index in [0.717, 1.165) is 83.6 Å². The molecule has 1 N–H and O–H groups in total. The highest BCUT2D eigenvalue weighted by atomic mass is 16.5. The predicted molar refractivity (Wildman–Crippen MR) is 142 cm³/mol. The molecule has 186 valence electrons. The van der Waals surface area contributed by atoms with Crippen LogP contribution >= 0.6 is 0 Å². The Hall–Kier alpha value is -2.32. The highest BCUT2D eigenvalue weighted by Gasteiger charge is 2.51. The van der Waals surface area contributed by atoms with Crippen molar-refractivity contribution >= 4 is 0 Å². The Bertz CT molecular complexity index is 1070. The highest BCUT2D eigenvalue weighted by molar-refractivity contribution is 5.45. The fourth-order valence-corrected chi connectivity index (χ4v) is 6.75. The van der Waals surface area contributed by atoms with E-state index in [1.54, 1.807) is 0 Å². The molecule has 2 aromatic rings. The van der Waals surface area contributed by atoms with Gasteiger partial charge in [0.05, 0.1) is 0 Å². The molecule has 0 aromatic heterocycles. The lowest BCUT2D eigenvalue weighted by molar-refractivity contribution is -0.00805. The monoisotopic (exact) mass is 472 g/mol. The lowest BCUT2D eigenvalue weighted by atomic mass is 9.52. The summed E-state index contributed by atoms with van der Waals surface area (Å²) in [6.07, 6.45) is 5.63. The largest absolute Gasteiger partial charge is 0.492 e. The van der Waals surface area contributed by atoms with Crippen molar-refractivity contribution < 1.29 is 9.84 Å². The molecule has 0 amide bonds. The van der Waals surface area contributed by atoms with Gasteiger partial charge in [0.2, 0.25) is 0 Å². The molecule has 0 bridgehead atoms. The van der Waals surface area contributed by atoms with Gasteiger partial charge in [-0.25, -0.2) is 0 Å². The van der Waals surface area contributed by atoms with E-state index in [-0.39, 0.29) is 5.41 Å². The maximum absolute atomic E-state index is 11.2. The number of rotatable bonds is 6. The molecule has 5 rings (SSSR count). The minimum Gasteiger partial charge on any atom is -0.492 e. The standard InChI is InChI=1S/C31H40N2O2/c1-3-13-30(34)14-15-31(23-25-7-5-4-6-8-25)27(24-30)10-9-26-22-28(11-12-29(26)31)35-21-20-33-18-16-32(2)17-19-33/h4-8,11-12,22,27,34H,9-10,14-21,23-24H2,1-2H3/t27-,30-,31+/m1/s1. The summed E-state index contributed by atoms with van der Waals surface area (Å²) in [7, 11) is 2.19. The maximum Gasteiger partial charge on any atom is 0.125 e. The first kappa shape index (κ1) is 24.4. The molecule has 2 aromatic carbocycles. The van der Waals surface area contributed by atoms with Crippen LogP contribution < -0.4 is 4.74 Å². The predicted octanol–water partition coefficient (Wildman–Crippen LogP) is 4.29. The van der Waals surface area contributed by atoms with Gasteiger partial charge in [-0.15, -0.1) is 5.92 Å². The van der Waals surface area contributed by atoms with Crippen LogP contribution in [0.2, 0.25) is 0 Å². The second-order valence-electron chi connectivity index (χ2n) is 11.0. The van der Waals surface area contributed by atoms with Gasteiger partial charge in [-0.2, -0.15) is 0 Å². The van der Waals surface area contributed by atoms with Crippen molar-refractivity contribution in [2.24, 2.45) is 5.92 Å². The molecule has 2 aliphatic carbocycles.